The SMILES string of the molecule is CCc1cc(Nc2cc(NC(=O)c3c(Cl)cccc3Cl)ccn2)nc(NC(C)C)n1. The van der Waals surface area contributed by atoms with E-state index < -0.39 is 5.91 Å². The van der Waals surface area contributed by atoms with E-state index in [0.29, 0.717) is 23.3 Å². The predicted molar refractivity (Wildman–Crippen MR) is 122 cm³/mol. The minimum atomic E-state index is -0.401. The van der Waals surface area contributed by atoms with Crippen LogP contribution in [0.15, 0.2) is 42.6 Å². The lowest BCUT2D eigenvalue weighted by Gasteiger charge is -2.13. The van der Waals surface area contributed by atoms with Gasteiger partial charge in [0.2, 0.25) is 5.95 Å². The maximum atomic E-state index is 12.6. The fourth-order valence-electron chi connectivity index (χ4n) is 2.68. The minimum absolute atomic E-state index is 0.207. The number of carbonyl (C=O) groups is 1. The Hall–Kier alpha value is -2.90. The first-order valence-electron chi connectivity index (χ1n) is 9.48. The van der Waals surface area contributed by atoms with E-state index in [9.17, 15) is 4.79 Å². The number of aromatic nitrogens is 3. The van der Waals surface area contributed by atoms with Gasteiger partial charge in [-0.25, -0.2) is 9.97 Å². The highest BCUT2D eigenvalue weighted by molar-refractivity contribution is 6.40. The Labute approximate surface area is 185 Å². The highest BCUT2D eigenvalue weighted by atomic mass is 35.5. The van der Waals surface area contributed by atoms with Crippen molar-refractivity contribution in [2.45, 2.75) is 33.2 Å². The molecule has 1 aromatic carbocycles. The van der Waals surface area contributed by atoms with Gasteiger partial charge in [0.1, 0.15) is 11.6 Å². The van der Waals surface area contributed by atoms with Gasteiger partial charge < -0.3 is 16.0 Å². The number of anilines is 4. The second-order valence-corrected chi connectivity index (χ2v) is 7.64. The first-order chi connectivity index (χ1) is 14.4. The van der Waals surface area contributed by atoms with Crippen LogP contribution >= 0.6 is 23.2 Å². The summed E-state index contributed by atoms with van der Waals surface area (Å²) in [5.41, 5.74) is 1.66. The molecule has 2 aromatic heterocycles. The molecule has 0 bridgehead atoms. The molecule has 1 amide bonds. The van der Waals surface area contributed by atoms with Gasteiger partial charge in [0, 0.05) is 35.8 Å². The van der Waals surface area contributed by atoms with E-state index in [2.05, 4.69) is 30.9 Å². The van der Waals surface area contributed by atoms with E-state index >= 15 is 0 Å². The summed E-state index contributed by atoms with van der Waals surface area (Å²) in [5.74, 6) is 1.27. The molecule has 156 valence electrons. The zero-order valence-electron chi connectivity index (χ0n) is 16.8. The van der Waals surface area contributed by atoms with Gasteiger partial charge in [-0.05, 0) is 38.5 Å². The number of nitrogens with zero attached hydrogens (tertiary/aromatic N) is 3. The Morgan fingerprint density at radius 3 is 2.47 bits per heavy atom. The number of nitrogens with one attached hydrogen (secondary N) is 3. The quantitative estimate of drug-likeness (QED) is 0.441. The van der Waals surface area contributed by atoms with Crippen molar-refractivity contribution < 1.29 is 4.79 Å². The number of rotatable bonds is 7. The molecule has 7 nitrogen and oxygen atoms in total. The lowest BCUT2D eigenvalue weighted by Crippen LogP contribution is -2.14. The molecule has 9 heteroatoms. The third-order valence-corrected chi connectivity index (χ3v) is 4.65. The smallest absolute Gasteiger partial charge is 0.258 e. The van der Waals surface area contributed by atoms with Crippen molar-refractivity contribution in [2.24, 2.45) is 0 Å². The predicted octanol–water partition coefficient (Wildman–Crippen LogP) is 5.56. The third kappa shape index (κ3) is 5.58. The van der Waals surface area contributed by atoms with Crippen LogP contribution in [-0.2, 0) is 6.42 Å². The standard InChI is InChI=1S/C21H22Cl2N6O/c1-4-13-10-18(29-21(27-13)25-12(2)3)28-17-11-14(8-9-24-17)26-20(30)19-15(22)6-5-7-16(19)23/h5-12H,4H2,1-3H3,(H3,24,25,26,27,28,29,30). The summed E-state index contributed by atoms with van der Waals surface area (Å²) in [7, 11) is 0. The van der Waals surface area contributed by atoms with Gasteiger partial charge in [0.15, 0.2) is 0 Å². The monoisotopic (exact) mass is 444 g/mol. The fraction of sp³-hybridized carbons (Fsp3) is 0.238. The largest absolute Gasteiger partial charge is 0.352 e. The van der Waals surface area contributed by atoms with Crippen molar-refractivity contribution in [3.8, 4) is 0 Å². The molecule has 0 unspecified atom stereocenters. The fourth-order valence-corrected chi connectivity index (χ4v) is 3.25. The summed E-state index contributed by atoms with van der Waals surface area (Å²) in [6.45, 7) is 6.07. The van der Waals surface area contributed by atoms with Crippen LogP contribution in [0.2, 0.25) is 10.0 Å². The molecular weight excluding hydrogens is 423 g/mol. The summed E-state index contributed by atoms with van der Waals surface area (Å²) >= 11 is 12.2. The highest BCUT2D eigenvalue weighted by Gasteiger charge is 2.15. The normalized spacial score (nSPS) is 10.7. The van der Waals surface area contributed by atoms with Gasteiger partial charge in [-0.15, -0.1) is 0 Å². The average molecular weight is 445 g/mol. The molecule has 3 rings (SSSR count). The van der Waals surface area contributed by atoms with Gasteiger partial charge in [0.05, 0.1) is 15.6 Å². The summed E-state index contributed by atoms with van der Waals surface area (Å²) < 4.78 is 0. The number of amides is 1. The number of carbonyl (C=O) groups excluding carboxylic acids is 1. The third-order valence-electron chi connectivity index (χ3n) is 4.02. The molecular formula is C21H22Cl2N6O. The molecule has 0 aliphatic heterocycles. The molecule has 0 radical (unpaired) electrons. The Morgan fingerprint density at radius 1 is 1.07 bits per heavy atom. The van der Waals surface area contributed by atoms with Crippen LogP contribution in [0, 0.1) is 0 Å². The highest BCUT2D eigenvalue weighted by Crippen LogP contribution is 2.26. The van der Waals surface area contributed by atoms with E-state index in [1.54, 1.807) is 36.5 Å². The maximum absolute atomic E-state index is 12.6. The van der Waals surface area contributed by atoms with Crippen LogP contribution in [-0.4, -0.2) is 26.9 Å². The van der Waals surface area contributed by atoms with Crippen molar-refractivity contribution in [3.63, 3.8) is 0 Å². The van der Waals surface area contributed by atoms with Crippen molar-refractivity contribution in [1.82, 2.24) is 15.0 Å². The number of pyridine rings is 1. The number of hydrogen-bond acceptors (Lipinski definition) is 6. The second kappa shape index (κ2) is 9.73. The summed E-state index contributed by atoms with van der Waals surface area (Å²) in [4.78, 5) is 25.9. The second-order valence-electron chi connectivity index (χ2n) is 6.83. The molecule has 0 atom stereocenters. The molecule has 30 heavy (non-hydrogen) atoms. The molecule has 3 aromatic rings. The van der Waals surface area contributed by atoms with Crippen LogP contribution in [0.25, 0.3) is 0 Å². The summed E-state index contributed by atoms with van der Waals surface area (Å²) in [6, 6.07) is 10.4. The molecule has 0 saturated heterocycles. The lowest BCUT2D eigenvalue weighted by molar-refractivity contribution is 0.102. The Kier molecular flexibility index (Phi) is 7.07. The van der Waals surface area contributed by atoms with Gasteiger partial charge in [-0.1, -0.05) is 36.2 Å². The first kappa shape index (κ1) is 21.8. The van der Waals surface area contributed by atoms with Crippen LogP contribution in [0.1, 0.15) is 36.8 Å². The molecule has 0 aliphatic rings. The van der Waals surface area contributed by atoms with Gasteiger partial charge in [0.25, 0.3) is 5.91 Å². The molecule has 0 fully saturated rings. The van der Waals surface area contributed by atoms with Crippen LogP contribution in [0.4, 0.5) is 23.3 Å². The van der Waals surface area contributed by atoms with Gasteiger partial charge >= 0.3 is 0 Å². The van der Waals surface area contributed by atoms with Crippen LogP contribution < -0.4 is 16.0 Å². The van der Waals surface area contributed by atoms with Crippen molar-refractivity contribution in [3.05, 3.63) is 63.9 Å². The number of benzene rings is 1. The van der Waals surface area contributed by atoms with Crippen molar-refractivity contribution in [1.29, 1.82) is 0 Å². The molecule has 2 heterocycles. The van der Waals surface area contributed by atoms with E-state index in [1.165, 1.54) is 0 Å². The zero-order chi connectivity index (χ0) is 21.7. The lowest BCUT2D eigenvalue weighted by atomic mass is 10.2. The van der Waals surface area contributed by atoms with Gasteiger partial charge in [-0.3, -0.25) is 4.79 Å². The Morgan fingerprint density at radius 2 is 1.80 bits per heavy atom. The average Bonchev–Trinajstić information content (AvgIpc) is 2.67. The summed E-state index contributed by atoms with van der Waals surface area (Å²) in [5, 5.41) is 9.73. The maximum Gasteiger partial charge on any atom is 0.258 e. The molecule has 3 N–H and O–H groups in total. The van der Waals surface area contributed by atoms with E-state index in [1.807, 2.05) is 26.8 Å². The number of hydrogen-bond donors (Lipinski definition) is 3. The Balaban J connectivity index is 1.80. The zero-order valence-corrected chi connectivity index (χ0v) is 18.3. The number of halogens is 2. The summed E-state index contributed by atoms with van der Waals surface area (Å²) in [6.07, 6.45) is 2.35. The molecule has 0 saturated carbocycles. The minimum Gasteiger partial charge on any atom is -0.352 e. The van der Waals surface area contributed by atoms with E-state index in [-0.39, 0.29) is 21.7 Å². The van der Waals surface area contributed by atoms with Crippen LogP contribution in [0.3, 0.4) is 0 Å². The molecule has 0 aliphatic carbocycles. The van der Waals surface area contributed by atoms with Crippen LogP contribution in [0.5, 0.6) is 0 Å². The van der Waals surface area contributed by atoms with Crippen molar-refractivity contribution in [2.75, 3.05) is 16.0 Å². The first-order valence-corrected chi connectivity index (χ1v) is 10.2. The Bertz CT molecular complexity index is 1040. The molecule has 0 spiro atoms. The van der Waals surface area contributed by atoms with E-state index in [4.69, 9.17) is 23.2 Å². The van der Waals surface area contributed by atoms with Crippen molar-refractivity contribution >= 4 is 52.4 Å². The van der Waals surface area contributed by atoms with Gasteiger partial charge in [-0.2, -0.15) is 4.98 Å². The van der Waals surface area contributed by atoms with E-state index in [0.717, 1.165) is 12.1 Å². The topological polar surface area (TPSA) is 91.8 Å². The number of aryl methyl sites for hydroxylation is 1.